The van der Waals surface area contributed by atoms with Crippen molar-refractivity contribution in [3.05, 3.63) is 29.8 Å². The van der Waals surface area contributed by atoms with Crippen LogP contribution in [0.2, 0.25) is 0 Å². The molecule has 8 heteroatoms. The molecule has 0 radical (unpaired) electrons. The van der Waals surface area contributed by atoms with Gasteiger partial charge in [0.25, 0.3) is 5.91 Å². The van der Waals surface area contributed by atoms with E-state index in [-0.39, 0.29) is 22.9 Å². The topological polar surface area (TPSA) is 95.6 Å². The second kappa shape index (κ2) is 6.49. The van der Waals surface area contributed by atoms with Gasteiger partial charge in [-0.15, -0.1) is 0 Å². The summed E-state index contributed by atoms with van der Waals surface area (Å²) in [6, 6.07) is 5.50. The van der Waals surface area contributed by atoms with Crippen molar-refractivity contribution < 1.29 is 18.0 Å². The summed E-state index contributed by atoms with van der Waals surface area (Å²) in [7, 11) is 0.816. The van der Waals surface area contributed by atoms with E-state index in [1.54, 1.807) is 0 Å². The van der Waals surface area contributed by atoms with Gasteiger partial charge in [-0.05, 0) is 24.3 Å². The predicted octanol–water partition coefficient (Wildman–Crippen LogP) is -0.587. The van der Waals surface area contributed by atoms with Crippen molar-refractivity contribution in [2.75, 3.05) is 27.7 Å². The highest BCUT2D eigenvalue weighted by Gasteiger charge is 2.17. The standard InChI is InChI=1S/C12H17N3O4S/c1-13-11(16)8-14-12(17)9-4-6-10(7-5-9)20(18,19)15(2)3/h4-7H,8H2,1-3H3,(H,13,16)(H,14,17). The van der Waals surface area contributed by atoms with E-state index >= 15 is 0 Å². The second-order valence-corrected chi connectivity index (χ2v) is 6.32. The number of hydrogen-bond donors (Lipinski definition) is 2. The first kappa shape index (κ1) is 16.1. The highest BCUT2D eigenvalue weighted by atomic mass is 32.2. The average Bonchev–Trinajstić information content (AvgIpc) is 2.44. The molecule has 2 N–H and O–H groups in total. The number of benzene rings is 1. The van der Waals surface area contributed by atoms with Crippen LogP contribution in [0.25, 0.3) is 0 Å². The van der Waals surface area contributed by atoms with Crippen molar-refractivity contribution >= 4 is 21.8 Å². The zero-order valence-corrected chi connectivity index (χ0v) is 12.3. The Kier molecular flexibility index (Phi) is 5.23. The molecule has 1 aromatic carbocycles. The number of nitrogens with one attached hydrogen (secondary N) is 2. The number of nitrogens with zero attached hydrogens (tertiary/aromatic N) is 1. The Hall–Kier alpha value is -1.93. The van der Waals surface area contributed by atoms with Crippen LogP contribution >= 0.6 is 0 Å². The van der Waals surface area contributed by atoms with E-state index in [4.69, 9.17) is 0 Å². The molecule has 0 aromatic heterocycles. The zero-order chi connectivity index (χ0) is 15.3. The minimum absolute atomic E-state index is 0.102. The third-order valence-corrected chi connectivity index (χ3v) is 4.41. The smallest absolute Gasteiger partial charge is 0.251 e. The third kappa shape index (κ3) is 3.78. The Morgan fingerprint density at radius 1 is 1.15 bits per heavy atom. The molecule has 0 fully saturated rings. The molecule has 0 heterocycles. The average molecular weight is 299 g/mol. The summed E-state index contributed by atoms with van der Waals surface area (Å²) in [5.74, 6) is -0.757. The van der Waals surface area contributed by atoms with Gasteiger partial charge in [0.05, 0.1) is 11.4 Å². The maximum atomic E-state index is 11.8. The lowest BCUT2D eigenvalue weighted by molar-refractivity contribution is -0.119. The minimum Gasteiger partial charge on any atom is -0.358 e. The van der Waals surface area contributed by atoms with Crippen LogP contribution in [0.15, 0.2) is 29.2 Å². The largest absolute Gasteiger partial charge is 0.358 e. The molecule has 0 aliphatic heterocycles. The number of hydrogen-bond acceptors (Lipinski definition) is 4. The number of carbonyl (C=O) groups excluding carboxylic acids is 2. The number of rotatable bonds is 5. The molecule has 0 atom stereocenters. The predicted molar refractivity (Wildman–Crippen MR) is 73.7 cm³/mol. The van der Waals surface area contributed by atoms with Crippen LogP contribution in [0.5, 0.6) is 0 Å². The molecule has 0 spiro atoms. The summed E-state index contributed by atoms with van der Waals surface area (Å²) in [6.07, 6.45) is 0. The van der Waals surface area contributed by atoms with Gasteiger partial charge in [-0.3, -0.25) is 9.59 Å². The highest BCUT2D eigenvalue weighted by molar-refractivity contribution is 7.89. The molecule has 1 rings (SSSR count). The molecular formula is C12H17N3O4S. The van der Waals surface area contributed by atoms with Crippen LogP contribution in [-0.2, 0) is 14.8 Å². The van der Waals surface area contributed by atoms with Gasteiger partial charge in [0.15, 0.2) is 0 Å². The van der Waals surface area contributed by atoms with Crippen LogP contribution in [0.4, 0.5) is 0 Å². The lowest BCUT2D eigenvalue weighted by Gasteiger charge is -2.11. The fourth-order valence-electron chi connectivity index (χ4n) is 1.34. The van der Waals surface area contributed by atoms with E-state index in [9.17, 15) is 18.0 Å². The van der Waals surface area contributed by atoms with Crippen molar-refractivity contribution in [1.82, 2.24) is 14.9 Å². The summed E-state index contributed by atoms with van der Waals surface area (Å²) < 4.78 is 24.8. The molecular weight excluding hydrogens is 282 g/mol. The Morgan fingerprint density at radius 2 is 1.70 bits per heavy atom. The number of sulfonamides is 1. The van der Waals surface area contributed by atoms with Gasteiger partial charge in [-0.1, -0.05) is 0 Å². The first-order chi connectivity index (χ1) is 9.28. The van der Waals surface area contributed by atoms with Crippen molar-refractivity contribution in [3.8, 4) is 0 Å². The van der Waals surface area contributed by atoms with Gasteiger partial charge in [0.2, 0.25) is 15.9 Å². The molecule has 20 heavy (non-hydrogen) atoms. The molecule has 0 aliphatic carbocycles. The molecule has 1 aromatic rings. The first-order valence-corrected chi connectivity index (χ1v) is 7.24. The molecule has 0 unspecified atom stereocenters. The van der Waals surface area contributed by atoms with Gasteiger partial charge in [0.1, 0.15) is 0 Å². The summed E-state index contributed by atoms with van der Waals surface area (Å²) in [6.45, 7) is -0.132. The highest BCUT2D eigenvalue weighted by Crippen LogP contribution is 2.13. The second-order valence-electron chi connectivity index (χ2n) is 4.17. The van der Waals surface area contributed by atoms with E-state index < -0.39 is 15.9 Å². The molecule has 7 nitrogen and oxygen atoms in total. The first-order valence-electron chi connectivity index (χ1n) is 5.80. The lowest BCUT2D eigenvalue weighted by atomic mass is 10.2. The summed E-state index contributed by atoms with van der Waals surface area (Å²) in [5.41, 5.74) is 0.284. The van der Waals surface area contributed by atoms with Crippen LogP contribution in [0.3, 0.4) is 0 Å². The third-order valence-electron chi connectivity index (χ3n) is 2.58. The normalized spacial score (nSPS) is 11.2. The number of amides is 2. The molecule has 0 bridgehead atoms. The van der Waals surface area contributed by atoms with Gasteiger partial charge in [-0.2, -0.15) is 0 Å². The Bertz CT molecular complexity index is 594. The number of carbonyl (C=O) groups is 2. The van der Waals surface area contributed by atoms with Crippen molar-refractivity contribution in [3.63, 3.8) is 0 Å². The van der Waals surface area contributed by atoms with Gasteiger partial charge < -0.3 is 10.6 Å². The maximum Gasteiger partial charge on any atom is 0.251 e. The monoisotopic (exact) mass is 299 g/mol. The van der Waals surface area contributed by atoms with Crippen molar-refractivity contribution in [2.45, 2.75) is 4.90 Å². The van der Waals surface area contributed by atoms with Gasteiger partial charge in [-0.25, -0.2) is 12.7 Å². The molecule has 0 aliphatic rings. The van der Waals surface area contributed by atoms with Crippen molar-refractivity contribution in [2.24, 2.45) is 0 Å². The van der Waals surface area contributed by atoms with Crippen LogP contribution in [0.1, 0.15) is 10.4 Å². The number of likely N-dealkylation sites (N-methyl/N-ethyl adjacent to an activating group) is 1. The molecule has 0 saturated heterocycles. The summed E-state index contributed by atoms with van der Waals surface area (Å²) in [4.78, 5) is 22.8. The van der Waals surface area contributed by atoms with Gasteiger partial charge in [0, 0.05) is 26.7 Å². The summed E-state index contributed by atoms with van der Waals surface area (Å²) in [5, 5.41) is 4.79. The van der Waals surface area contributed by atoms with Crippen LogP contribution in [-0.4, -0.2) is 52.2 Å². The van der Waals surface area contributed by atoms with Crippen molar-refractivity contribution in [1.29, 1.82) is 0 Å². The quantitative estimate of drug-likeness (QED) is 0.760. The Morgan fingerprint density at radius 3 is 2.15 bits per heavy atom. The van der Waals surface area contributed by atoms with Crippen LogP contribution in [0, 0.1) is 0 Å². The molecule has 110 valence electrons. The van der Waals surface area contributed by atoms with E-state index in [0.29, 0.717) is 0 Å². The summed E-state index contributed by atoms with van der Waals surface area (Å²) >= 11 is 0. The lowest BCUT2D eigenvalue weighted by Crippen LogP contribution is -2.35. The zero-order valence-electron chi connectivity index (χ0n) is 11.5. The van der Waals surface area contributed by atoms with E-state index in [1.165, 1.54) is 45.4 Å². The Balaban J connectivity index is 2.82. The Labute approximate surface area is 118 Å². The van der Waals surface area contributed by atoms with E-state index in [1.807, 2.05) is 0 Å². The minimum atomic E-state index is -3.51. The fourth-order valence-corrected chi connectivity index (χ4v) is 2.24. The van der Waals surface area contributed by atoms with E-state index in [2.05, 4.69) is 10.6 Å². The maximum absolute atomic E-state index is 11.8. The molecule has 0 saturated carbocycles. The fraction of sp³-hybridized carbons (Fsp3) is 0.333. The molecule has 2 amide bonds. The SMILES string of the molecule is CNC(=O)CNC(=O)c1ccc(S(=O)(=O)N(C)C)cc1. The van der Waals surface area contributed by atoms with Crippen LogP contribution < -0.4 is 10.6 Å². The van der Waals surface area contributed by atoms with Gasteiger partial charge >= 0.3 is 0 Å². The van der Waals surface area contributed by atoms with E-state index in [0.717, 1.165) is 4.31 Å².